The Kier molecular flexibility index (Phi) is 7.89. The van der Waals surface area contributed by atoms with E-state index in [1.807, 2.05) is 30.3 Å². The first-order chi connectivity index (χ1) is 12.2. The summed E-state index contributed by atoms with van der Waals surface area (Å²) in [5.74, 6) is 0.922. The molecule has 138 valence electrons. The van der Waals surface area contributed by atoms with E-state index in [0.29, 0.717) is 19.5 Å². The summed E-state index contributed by atoms with van der Waals surface area (Å²) in [5.41, 5.74) is 3.25. The quantitative estimate of drug-likeness (QED) is 0.321. The standard InChI is InChI=1S/C19H21BrN4O.HI/c1-21-19(22-11-13-6-8-15(20)9-7-13)23-12-14-10-18(25)24-17-5-3-2-4-16(14)17;/h2-9,14H,10-12H2,1H3,(H,24,25)(H2,21,22,23);1H. The molecule has 0 saturated heterocycles. The van der Waals surface area contributed by atoms with E-state index in [2.05, 4.69) is 55.1 Å². The highest BCUT2D eigenvalue weighted by Crippen LogP contribution is 2.31. The fourth-order valence-corrected chi connectivity index (χ4v) is 3.18. The van der Waals surface area contributed by atoms with Gasteiger partial charge in [0, 0.05) is 42.6 Å². The van der Waals surface area contributed by atoms with Crippen molar-refractivity contribution in [1.82, 2.24) is 10.6 Å². The number of nitrogens with one attached hydrogen (secondary N) is 3. The Bertz CT molecular complexity index is 779. The van der Waals surface area contributed by atoms with Crippen LogP contribution in [0, 0.1) is 0 Å². The van der Waals surface area contributed by atoms with Crippen molar-refractivity contribution in [3.05, 3.63) is 64.1 Å². The summed E-state index contributed by atoms with van der Waals surface area (Å²) in [4.78, 5) is 16.2. The molecule has 0 saturated carbocycles. The zero-order chi connectivity index (χ0) is 17.6. The number of halogens is 2. The normalized spacial score (nSPS) is 16.2. The summed E-state index contributed by atoms with van der Waals surface area (Å²) in [6.45, 7) is 1.35. The lowest BCUT2D eigenvalue weighted by molar-refractivity contribution is -0.116. The molecule has 0 spiro atoms. The molecule has 0 radical (unpaired) electrons. The lowest BCUT2D eigenvalue weighted by Gasteiger charge is -2.26. The molecule has 0 fully saturated rings. The van der Waals surface area contributed by atoms with Gasteiger partial charge in [-0.05, 0) is 29.3 Å². The van der Waals surface area contributed by atoms with Crippen LogP contribution in [0.2, 0.25) is 0 Å². The van der Waals surface area contributed by atoms with Crippen molar-refractivity contribution in [3.63, 3.8) is 0 Å². The molecule has 0 aliphatic carbocycles. The lowest BCUT2D eigenvalue weighted by atomic mass is 9.90. The van der Waals surface area contributed by atoms with Crippen molar-refractivity contribution in [1.29, 1.82) is 0 Å². The van der Waals surface area contributed by atoms with Crippen LogP contribution < -0.4 is 16.0 Å². The van der Waals surface area contributed by atoms with E-state index in [0.717, 1.165) is 21.7 Å². The maximum atomic E-state index is 11.9. The Morgan fingerprint density at radius 3 is 2.65 bits per heavy atom. The number of para-hydroxylation sites is 1. The third kappa shape index (κ3) is 5.44. The van der Waals surface area contributed by atoms with E-state index in [9.17, 15) is 4.79 Å². The molecule has 3 N–H and O–H groups in total. The average Bonchev–Trinajstić information content (AvgIpc) is 2.63. The minimum atomic E-state index is 0. The smallest absolute Gasteiger partial charge is 0.225 e. The number of hydrogen-bond donors (Lipinski definition) is 3. The van der Waals surface area contributed by atoms with Gasteiger partial charge in [-0.1, -0.05) is 46.3 Å². The van der Waals surface area contributed by atoms with Gasteiger partial charge in [-0.2, -0.15) is 0 Å². The van der Waals surface area contributed by atoms with E-state index in [1.54, 1.807) is 7.05 Å². The Hall–Kier alpha value is -1.61. The molecule has 0 bridgehead atoms. The van der Waals surface area contributed by atoms with Crippen LogP contribution >= 0.6 is 39.9 Å². The lowest BCUT2D eigenvalue weighted by Crippen LogP contribution is -2.40. The first kappa shape index (κ1) is 20.7. The van der Waals surface area contributed by atoms with Gasteiger partial charge < -0.3 is 16.0 Å². The number of carbonyl (C=O) groups excluding carboxylic acids is 1. The number of aliphatic imine (C=N–C) groups is 1. The topological polar surface area (TPSA) is 65.5 Å². The van der Waals surface area contributed by atoms with Gasteiger partial charge in [0.15, 0.2) is 5.96 Å². The van der Waals surface area contributed by atoms with Crippen molar-refractivity contribution in [2.45, 2.75) is 18.9 Å². The summed E-state index contributed by atoms with van der Waals surface area (Å²) in [7, 11) is 1.75. The number of nitrogens with zero attached hydrogens (tertiary/aromatic N) is 1. The number of amides is 1. The zero-order valence-corrected chi connectivity index (χ0v) is 18.4. The Morgan fingerprint density at radius 2 is 1.92 bits per heavy atom. The van der Waals surface area contributed by atoms with E-state index < -0.39 is 0 Å². The highest BCUT2D eigenvalue weighted by atomic mass is 127. The van der Waals surface area contributed by atoms with Gasteiger partial charge in [0.1, 0.15) is 0 Å². The van der Waals surface area contributed by atoms with Gasteiger partial charge in [-0.25, -0.2) is 0 Å². The highest BCUT2D eigenvalue weighted by molar-refractivity contribution is 14.0. The molecule has 1 amide bonds. The van der Waals surface area contributed by atoms with Gasteiger partial charge in [0.2, 0.25) is 5.91 Å². The molecular weight excluding hydrogens is 507 g/mol. The van der Waals surface area contributed by atoms with Crippen molar-refractivity contribution < 1.29 is 4.79 Å². The zero-order valence-electron chi connectivity index (χ0n) is 14.5. The number of fused-ring (bicyclic) bond motifs is 1. The Labute approximate surface area is 179 Å². The summed E-state index contributed by atoms with van der Waals surface area (Å²) in [6, 6.07) is 16.1. The van der Waals surface area contributed by atoms with E-state index in [4.69, 9.17) is 0 Å². The molecule has 0 aromatic heterocycles. The van der Waals surface area contributed by atoms with Gasteiger partial charge in [0.05, 0.1) is 0 Å². The van der Waals surface area contributed by atoms with Crippen LogP contribution in [0.5, 0.6) is 0 Å². The molecule has 2 aromatic carbocycles. The second-order valence-corrected chi connectivity index (χ2v) is 6.89. The summed E-state index contributed by atoms with van der Waals surface area (Å²) < 4.78 is 1.06. The molecule has 5 nitrogen and oxygen atoms in total. The fourth-order valence-electron chi connectivity index (χ4n) is 2.91. The highest BCUT2D eigenvalue weighted by Gasteiger charge is 2.24. The van der Waals surface area contributed by atoms with Crippen LogP contribution in [0.4, 0.5) is 5.69 Å². The second-order valence-electron chi connectivity index (χ2n) is 5.97. The van der Waals surface area contributed by atoms with E-state index >= 15 is 0 Å². The van der Waals surface area contributed by atoms with Gasteiger partial charge in [-0.15, -0.1) is 24.0 Å². The molecule has 1 aliphatic heterocycles. The number of rotatable bonds is 4. The molecule has 3 rings (SSSR count). The Morgan fingerprint density at radius 1 is 1.19 bits per heavy atom. The maximum absolute atomic E-state index is 11.9. The summed E-state index contributed by atoms with van der Waals surface area (Å²) >= 11 is 3.44. The third-order valence-electron chi connectivity index (χ3n) is 4.22. The minimum Gasteiger partial charge on any atom is -0.356 e. The maximum Gasteiger partial charge on any atom is 0.225 e. The number of guanidine groups is 1. The van der Waals surface area contributed by atoms with Crippen molar-refractivity contribution in [2.75, 3.05) is 18.9 Å². The average molecular weight is 529 g/mol. The van der Waals surface area contributed by atoms with Crippen LogP contribution in [-0.2, 0) is 11.3 Å². The van der Waals surface area contributed by atoms with Crippen LogP contribution in [0.25, 0.3) is 0 Å². The van der Waals surface area contributed by atoms with Gasteiger partial charge >= 0.3 is 0 Å². The molecule has 2 aromatic rings. The predicted octanol–water partition coefficient (Wildman–Crippen LogP) is 3.86. The van der Waals surface area contributed by atoms with E-state index in [-0.39, 0.29) is 35.8 Å². The minimum absolute atomic E-state index is 0. The first-order valence-electron chi connectivity index (χ1n) is 8.23. The molecule has 1 unspecified atom stereocenters. The van der Waals surface area contributed by atoms with Crippen LogP contribution in [0.15, 0.2) is 58.0 Å². The largest absolute Gasteiger partial charge is 0.356 e. The second kappa shape index (κ2) is 9.91. The fraction of sp³-hybridized carbons (Fsp3) is 0.263. The molecule has 1 aliphatic rings. The summed E-state index contributed by atoms with van der Waals surface area (Å²) in [5, 5.41) is 9.56. The van der Waals surface area contributed by atoms with Crippen LogP contribution in [-0.4, -0.2) is 25.5 Å². The third-order valence-corrected chi connectivity index (χ3v) is 4.75. The van der Waals surface area contributed by atoms with Crippen molar-refractivity contribution in [2.24, 2.45) is 4.99 Å². The van der Waals surface area contributed by atoms with E-state index in [1.165, 1.54) is 5.56 Å². The first-order valence-corrected chi connectivity index (χ1v) is 9.03. The molecular formula is C19H22BrIN4O. The number of carbonyl (C=O) groups is 1. The van der Waals surface area contributed by atoms with Gasteiger partial charge in [-0.3, -0.25) is 9.79 Å². The van der Waals surface area contributed by atoms with Crippen LogP contribution in [0.1, 0.15) is 23.5 Å². The predicted molar refractivity (Wildman–Crippen MR) is 120 cm³/mol. The van der Waals surface area contributed by atoms with Gasteiger partial charge in [0.25, 0.3) is 0 Å². The SMILES string of the molecule is CN=C(NCc1ccc(Br)cc1)NCC1CC(=O)Nc2ccccc21.I. The van der Waals surface area contributed by atoms with Crippen molar-refractivity contribution >= 4 is 57.5 Å². The van der Waals surface area contributed by atoms with Crippen LogP contribution in [0.3, 0.4) is 0 Å². The molecule has 7 heteroatoms. The number of anilines is 1. The molecule has 1 heterocycles. The Balaban J connectivity index is 0.00000243. The monoisotopic (exact) mass is 528 g/mol. The number of benzene rings is 2. The summed E-state index contributed by atoms with van der Waals surface area (Å²) in [6.07, 6.45) is 0.480. The number of hydrogen-bond acceptors (Lipinski definition) is 2. The molecule has 1 atom stereocenters. The van der Waals surface area contributed by atoms with Crippen molar-refractivity contribution in [3.8, 4) is 0 Å². The molecule has 26 heavy (non-hydrogen) atoms.